The van der Waals surface area contributed by atoms with Gasteiger partial charge in [0.05, 0.1) is 18.6 Å². The molecule has 0 aromatic heterocycles. The van der Waals surface area contributed by atoms with E-state index in [2.05, 4.69) is 15.9 Å². The predicted molar refractivity (Wildman–Crippen MR) is 72.7 cm³/mol. The lowest BCUT2D eigenvalue weighted by Crippen LogP contribution is -2.19. The molecule has 7 heteroatoms. The van der Waals surface area contributed by atoms with Crippen LogP contribution in [0.5, 0.6) is 5.75 Å². The summed E-state index contributed by atoms with van der Waals surface area (Å²) in [6, 6.07) is 4.59. The van der Waals surface area contributed by atoms with Crippen LogP contribution in [0.2, 0.25) is 0 Å². The van der Waals surface area contributed by atoms with Gasteiger partial charge in [-0.15, -0.1) is 0 Å². The molecule has 0 saturated carbocycles. The van der Waals surface area contributed by atoms with Gasteiger partial charge in [-0.05, 0) is 25.0 Å². The molecule has 0 amide bonds. The molecule has 1 aromatic rings. The van der Waals surface area contributed by atoms with Crippen LogP contribution >= 0.6 is 15.9 Å². The number of rotatable bonds is 6. The zero-order valence-corrected chi connectivity index (χ0v) is 12.2. The summed E-state index contributed by atoms with van der Waals surface area (Å²) >= 11 is 3.20. The second-order valence-electron chi connectivity index (χ2n) is 3.69. The lowest BCUT2D eigenvalue weighted by Gasteiger charge is -2.09. The molecule has 0 bridgehead atoms. The van der Waals surface area contributed by atoms with Crippen molar-refractivity contribution in [2.45, 2.75) is 18.2 Å². The lowest BCUT2D eigenvalue weighted by atomic mass is 10.1. The number of ether oxygens (including phenoxy) is 2. The van der Waals surface area contributed by atoms with Crippen molar-refractivity contribution < 1.29 is 19.2 Å². The molecule has 19 heavy (non-hydrogen) atoms. The normalized spacial score (nSPS) is 11.7. The van der Waals surface area contributed by atoms with Crippen LogP contribution in [0.15, 0.2) is 18.2 Å². The fourth-order valence-electron chi connectivity index (χ4n) is 1.53. The van der Waals surface area contributed by atoms with Crippen molar-refractivity contribution in [2.24, 2.45) is 0 Å². The molecule has 104 valence electrons. The van der Waals surface area contributed by atoms with Crippen LogP contribution < -0.4 is 4.74 Å². The van der Waals surface area contributed by atoms with Gasteiger partial charge in [-0.25, -0.2) is 0 Å². The van der Waals surface area contributed by atoms with Crippen molar-refractivity contribution in [3.05, 3.63) is 33.9 Å². The highest BCUT2D eigenvalue weighted by molar-refractivity contribution is 9.10. The molecule has 0 N–H and O–H groups in total. The van der Waals surface area contributed by atoms with Crippen molar-refractivity contribution >= 4 is 27.6 Å². The Bertz CT molecular complexity index is 477. The Morgan fingerprint density at radius 3 is 2.74 bits per heavy atom. The van der Waals surface area contributed by atoms with E-state index < -0.39 is 9.75 Å². The van der Waals surface area contributed by atoms with E-state index in [-0.39, 0.29) is 17.4 Å². The van der Waals surface area contributed by atoms with E-state index in [4.69, 9.17) is 9.47 Å². The van der Waals surface area contributed by atoms with E-state index in [1.165, 1.54) is 19.2 Å². The maximum absolute atomic E-state index is 11.5. The Morgan fingerprint density at radius 2 is 2.21 bits per heavy atom. The third kappa shape index (κ3) is 4.20. The number of nitro groups is 1. The van der Waals surface area contributed by atoms with Gasteiger partial charge in [-0.3, -0.25) is 14.9 Å². The van der Waals surface area contributed by atoms with Gasteiger partial charge in [0, 0.05) is 6.07 Å². The number of carbonyl (C=O) groups is 1. The first kappa shape index (κ1) is 15.4. The molecule has 1 rings (SSSR count). The van der Waals surface area contributed by atoms with Crippen molar-refractivity contribution in [2.75, 3.05) is 13.7 Å². The predicted octanol–water partition coefficient (Wildman–Crippen LogP) is 2.47. The maximum atomic E-state index is 11.5. The largest absolute Gasteiger partial charge is 0.490 e. The number of alkyl halides is 1. The minimum Gasteiger partial charge on any atom is -0.490 e. The van der Waals surface area contributed by atoms with Gasteiger partial charge >= 0.3 is 11.7 Å². The number of hydrogen-bond donors (Lipinski definition) is 0. The summed E-state index contributed by atoms with van der Waals surface area (Å²) in [6.45, 7) is 2.01. The highest BCUT2D eigenvalue weighted by Crippen LogP contribution is 2.28. The molecule has 0 fully saturated rings. The zero-order valence-electron chi connectivity index (χ0n) is 10.6. The molecule has 6 nitrogen and oxygen atoms in total. The third-order valence-electron chi connectivity index (χ3n) is 2.40. The van der Waals surface area contributed by atoms with Crippen LogP contribution in [0.1, 0.15) is 12.5 Å². The van der Waals surface area contributed by atoms with Crippen molar-refractivity contribution in [1.82, 2.24) is 0 Å². The summed E-state index contributed by atoms with van der Waals surface area (Å²) in [5.74, 6) is -0.197. The average Bonchev–Trinajstić information content (AvgIpc) is 2.38. The molecule has 1 aromatic carbocycles. The molecular formula is C12H14BrNO5. The van der Waals surface area contributed by atoms with Gasteiger partial charge in [-0.1, -0.05) is 22.0 Å². The fraction of sp³-hybridized carbons (Fsp3) is 0.417. The number of hydrogen-bond acceptors (Lipinski definition) is 5. The first-order valence-corrected chi connectivity index (χ1v) is 6.53. The lowest BCUT2D eigenvalue weighted by molar-refractivity contribution is -0.385. The molecule has 0 heterocycles. The van der Waals surface area contributed by atoms with Crippen molar-refractivity contribution in [1.29, 1.82) is 0 Å². The van der Waals surface area contributed by atoms with Crippen LogP contribution in [0.25, 0.3) is 0 Å². The Kier molecular flexibility index (Phi) is 5.75. The molecule has 1 unspecified atom stereocenters. The van der Waals surface area contributed by atoms with Crippen LogP contribution in [0, 0.1) is 10.1 Å². The summed E-state index contributed by atoms with van der Waals surface area (Å²) in [6.07, 6.45) is 0.309. The van der Waals surface area contributed by atoms with Gasteiger partial charge in [0.15, 0.2) is 5.75 Å². The molecule has 0 aliphatic heterocycles. The minimum atomic E-state index is -0.527. The third-order valence-corrected chi connectivity index (χ3v) is 3.09. The maximum Gasteiger partial charge on any atom is 0.320 e. The second kappa shape index (κ2) is 7.08. The molecule has 0 aliphatic rings. The minimum absolute atomic E-state index is 0.122. The number of nitro benzene ring substituents is 1. The number of nitrogens with zero attached hydrogens (tertiary/aromatic N) is 1. The summed E-state index contributed by atoms with van der Waals surface area (Å²) < 4.78 is 9.76. The monoisotopic (exact) mass is 331 g/mol. The van der Waals surface area contributed by atoms with Crippen molar-refractivity contribution in [3.8, 4) is 5.75 Å². The van der Waals surface area contributed by atoms with E-state index in [1.54, 1.807) is 13.0 Å². The first-order chi connectivity index (χ1) is 8.99. The van der Waals surface area contributed by atoms with Crippen molar-refractivity contribution in [3.63, 3.8) is 0 Å². The molecular weight excluding hydrogens is 318 g/mol. The Balaban J connectivity index is 2.88. The van der Waals surface area contributed by atoms with Gasteiger partial charge in [0.1, 0.15) is 4.83 Å². The number of esters is 1. The standard InChI is InChI=1S/C12H14BrNO5/c1-3-19-12(15)9(13)6-8-4-5-11(18-2)10(7-8)14(16)17/h4-5,7,9H,3,6H2,1-2H3. The number of carbonyl (C=O) groups excluding carboxylic acids is 1. The number of benzene rings is 1. The molecule has 1 atom stereocenters. The van der Waals surface area contributed by atoms with Gasteiger partial charge in [0.2, 0.25) is 0 Å². The number of halogens is 1. The van der Waals surface area contributed by atoms with Crippen LogP contribution in [0.3, 0.4) is 0 Å². The van der Waals surface area contributed by atoms with E-state index in [1.807, 2.05) is 0 Å². The SMILES string of the molecule is CCOC(=O)C(Br)Cc1ccc(OC)c([N+](=O)[O-])c1. The quantitative estimate of drug-likeness (QED) is 0.346. The smallest absolute Gasteiger partial charge is 0.320 e. The summed E-state index contributed by atoms with van der Waals surface area (Å²) in [4.78, 5) is 21.3. The first-order valence-electron chi connectivity index (χ1n) is 5.61. The average molecular weight is 332 g/mol. The van der Waals surface area contributed by atoms with E-state index in [9.17, 15) is 14.9 Å². The Hall–Kier alpha value is -1.63. The van der Waals surface area contributed by atoms with E-state index >= 15 is 0 Å². The van der Waals surface area contributed by atoms with Crippen LogP contribution in [0.4, 0.5) is 5.69 Å². The van der Waals surface area contributed by atoms with Crippen LogP contribution in [-0.4, -0.2) is 29.4 Å². The topological polar surface area (TPSA) is 78.7 Å². The molecule has 0 saturated heterocycles. The van der Waals surface area contributed by atoms with Gasteiger partial charge in [-0.2, -0.15) is 0 Å². The zero-order chi connectivity index (χ0) is 14.4. The molecule has 0 radical (unpaired) electrons. The fourth-order valence-corrected chi connectivity index (χ4v) is 2.03. The Labute approximate surface area is 119 Å². The highest BCUT2D eigenvalue weighted by Gasteiger charge is 2.20. The summed E-state index contributed by atoms with van der Waals surface area (Å²) in [7, 11) is 1.37. The van der Waals surface area contributed by atoms with Crippen LogP contribution in [-0.2, 0) is 16.0 Å². The number of methoxy groups -OCH3 is 1. The summed E-state index contributed by atoms with van der Waals surface area (Å²) in [5.41, 5.74) is 0.533. The highest BCUT2D eigenvalue weighted by atomic mass is 79.9. The second-order valence-corrected chi connectivity index (χ2v) is 4.79. The molecule has 0 aliphatic carbocycles. The van der Waals surface area contributed by atoms with E-state index in [0.29, 0.717) is 18.6 Å². The van der Waals surface area contributed by atoms with Gasteiger partial charge in [0.25, 0.3) is 0 Å². The molecule has 0 spiro atoms. The van der Waals surface area contributed by atoms with E-state index in [0.717, 1.165) is 0 Å². The summed E-state index contributed by atoms with van der Waals surface area (Å²) in [5, 5.41) is 10.9. The Morgan fingerprint density at radius 1 is 1.53 bits per heavy atom. The van der Waals surface area contributed by atoms with Gasteiger partial charge < -0.3 is 9.47 Å².